The number of hydrogen-bond donors (Lipinski definition) is 1. The normalized spacial score (nSPS) is 11.5. The zero-order chi connectivity index (χ0) is 21.4. The van der Waals surface area contributed by atoms with Crippen LogP contribution in [0.25, 0.3) is 11.1 Å². The topological polar surface area (TPSA) is 52.3 Å². The third-order valence-corrected chi connectivity index (χ3v) is 4.11. The molecule has 1 atom stereocenters. The van der Waals surface area contributed by atoms with Gasteiger partial charge in [0.1, 0.15) is 0 Å². The van der Waals surface area contributed by atoms with Gasteiger partial charge in [-0.05, 0) is 74.6 Å². The zero-order valence-corrected chi connectivity index (χ0v) is 18.2. The van der Waals surface area contributed by atoms with Gasteiger partial charge in [-0.3, -0.25) is 4.79 Å². The van der Waals surface area contributed by atoms with E-state index in [-0.39, 0.29) is 18.6 Å². The average Bonchev–Trinajstić information content (AvgIpc) is 2.57. The van der Waals surface area contributed by atoms with Crippen molar-refractivity contribution in [2.45, 2.75) is 40.2 Å². The fraction of sp³-hybridized carbons (Fsp3) is 0.409. The molecule has 0 aliphatic heterocycles. The smallest absolute Gasteiger partial charge is 0.307 e. The molecule has 0 aliphatic rings. The molecule has 0 bridgehead atoms. The highest BCUT2D eigenvalue weighted by molar-refractivity contribution is 7.97. The lowest BCUT2D eigenvalue weighted by Gasteiger charge is -2.17. The number of thioether (sulfide) groups is 1. The second-order valence-corrected chi connectivity index (χ2v) is 7.48. The SMILES string of the molecule is CCOC(=O)CC(N)c1cc(-c2c(C)cc(C)cc2C)cc(F)c1F.CSC. The lowest BCUT2D eigenvalue weighted by Crippen LogP contribution is -2.19. The fourth-order valence-electron chi connectivity index (χ4n) is 3.17. The molecule has 6 heteroatoms. The molecule has 0 saturated heterocycles. The van der Waals surface area contributed by atoms with Crippen LogP contribution < -0.4 is 5.73 Å². The van der Waals surface area contributed by atoms with Crippen LogP contribution in [0.15, 0.2) is 24.3 Å². The highest BCUT2D eigenvalue weighted by atomic mass is 32.2. The summed E-state index contributed by atoms with van der Waals surface area (Å²) in [5.41, 5.74) is 10.3. The maximum Gasteiger partial charge on any atom is 0.307 e. The van der Waals surface area contributed by atoms with Crippen molar-refractivity contribution in [3.05, 3.63) is 58.2 Å². The van der Waals surface area contributed by atoms with Crippen LogP contribution in [0, 0.1) is 32.4 Å². The summed E-state index contributed by atoms with van der Waals surface area (Å²) in [6.07, 6.45) is 3.87. The first-order valence-corrected chi connectivity index (χ1v) is 10.7. The van der Waals surface area contributed by atoms with E-state index in [1.165, 1.54) is 12.1 Å². The molecule has 2 aromatic rings. The summed E-state index contributed by atoms with van der Waals surface area (Å²) in [5.74, 6) is -2.54. The van der Waals surface area contributed by atoms with Crippen molar-refractivity contribution in [1.29, 1.82) is 0 Å². The number of esters is 1. The van der Waals surface area contributed by atoms with Gasteiger partial charge in [0.2, 0.25) is 0 Å². The number of hydrogen-bond acceptors (Lipinski definition) is 4. The first kappa shape index (κ1) is 24.1. The third kappa shape index (κ3) is 6.31. The molecule has 3 nitrogen and oxygen atoms in total. The highest BCUT2D eigenvalue weighted by Crippen LogP contribution is 2.33. The lowest BCUT2D eigenvalue weighted by atomic mass is 9.91. The van der Waals surface area contributed by atoms with Crippen molar-refractivity contribution < 1.29 is 18.3 Å². The number of benzene rings is 2. The second kappa shape index (κ2) is 11.2. The molecule has 28 heavy (non-hydrogen) atoms. The summed E-state index contributed by atoms with van der Waals surface area (Å²) in [7, 11) is 0. The number of carbonyl (C=O) groups excluding carboxylic acids is 1. The molecule has 2 N–H and O–H groups in total. The Kier molecular flexibility index (Phi) is 9.62. The van der Waals surface area contributed by atoms with Crippen molar-refractivity contribution in [2.75, 3.05) is 19.1 Å². The van der Waals surface area contributed by atoms with E-state index in [0.29, 0.717) is 5.56 Å². The Balaban J connectivity index is 0.00000122. The predicted octanol–water partition coefficient (Wildman–Crippen LogP) is 5.49. The van der Waals surface area contributed by atoms with Gasteiger partial charge in [-0.2, -0.15) is 11.8 Å². The van der Waals surface area contributed by atoms with Gasteiger partial charge in [-0.15, -0.1) is 0 Å². The third-order valence-electron chi connectivity index (χ3n) is 4.11. The van der Waals surface area contributed by atoms with Crippen LogP contribution in [-0.2, 0) is 9.53 Å². The van der Waals surface area contributed by atoms with E-state index < -0.39 is 23.6 Å². The van der Waals surface area contributed by atoms with Crippen LogP contribution in [0.1, 0.15) is 41.6 Å². The summed E-state index contributed by atoms with van der Waals surface area (Å²) in [6, 6.07) is 5.69. The second-order valence-electron chi connectivity index (χ2n) is 6.66. The van der Waals surface area contributed by atoms with E-state index in [2.05, 4.69) is 0 Å². The Morgan fingerprint density at radius 2 is 1.64 bits per heavy atom. The van der Waals surface area contributed by atoms with Crippen LogP contribution >= 0.6 is 11.8 Å². The van der Waals surface area contributed by atoms with Gasteiger partial charge in [0, 0.05) is 11.6 Å². The summed E-state index contributed by atoms with van der Waals surface area (Å²) in [6.45, 7) is 7.72. The quantitative estimate of drug-likeness (QED) is 0.664. The van der Waals surface area contributed by atoms with E-state index in [0.717, 1.165) is 22.3 Å². The summed E-state index contributed by atoms with van der Waals surface area (Å²) < 4.78 is 33.2. The molecular weight excluding hydrogens is 380 g/mol. The molecule has 0 radical (unpaired) electrons. The number of halogens is 2. The van der Waals surface area contributed by atoms with Crippen molar-refractivity contribution in [3.63, 3.8) is 0 Å². The zero-order valence-electron chi connectivity index (χ0n) is 17.4. The Bertz CT molecular complexity index is 801. The largest absolute Gasteiger partial charge is 0.466 e. The highest BCUT2D eigenvalue weighted by Gasteiger charge is 2.21. The van der Waals surface area contributed by atoms with Crippen molar-refractivity contribution >= 4 is 17.7 Å². The molecule has 154 valence electrons. The summed E-state index contributed by atoms with van der Waals surface area (Å²) in [5, 5.41) is 0. The molecule has 0 amide bonds. The molecule has 0 heterocycles. The van der Waals surface area contributed by atoms with Gasteiger partial charge in [-0.1, -0.05) is 17.7 Å². The Morgan fingerprint density at radius 1 is 1.11 bits per heavy atom. The van der Waals surface area contributed by atoms with Gasteiger partial charge in [0.15, 0.2) is 11.6 Å². The number of nitrogens with two attached hydrogens (primary N) is 1. The Morgan fingerprint density at radius 3 is 2.14 bits per heavy atom. The van der Waals surface area contributed by atoms with Crippen molar-refractivity contribution in [3.8, 4) is 11.1 Å². The van der Waals surface area contributed by atoms with Crippen molar-refractivity contribution in [1.82, 2.24) is 0 Å². The van der Waals surface area contributed by atoms with Crippen LogP contribution in [-0.4, -0.2) is 25.1 Å². The van der Waals surface area contributed by atoms with Crippen LogP contribution in [0.5, 0.6) is 0 Å². The molecule has 1 unspecified atom stereocenters. The van der Waals surface area contributed by atoms with Gasteiger partial charge in [0.25, 0.3) is 0 Å². The monoisotopic (exact) mass is 409 g/mol. The molecule has 0 spiro atoms. The van der Waals surface area contributed by atoms with E-state index in [1.54, 1.807) is 18.7 Å². The van der Waals surface area contributed by atoms with Gasteiger partial charge >= 0.3 is 5.97 Å². The Hall–Kier alpha value is -1.92. The van der Waals surface area contributed by atoms with Gasteiger partial charge in [0.05, 0.1) is 13.0 Å². The van der Waals surface area contributed by atoms with E-state index >= 15 is 0 Å². The average molecular weight is 410 g/mol. The molecule has 0 saturated carbocycles. The maximum atomic E-state index is 14.2. The van der Waals surface area contributed by atoms with E-state index in [9.17, 15) is 13.6 Å². The van der Waals surface area contributed by atoms with E-state index in [4.69, 9.17) is 10.5 Å². The molecule has 2 aromatic carbocycles. The minimum Gasteiger partial charge on any atom is -0.466 e. The van der Waals surface area contributed by atoms with Crippen LogP contribution in [0.2, 0.25) is 0 Å². The predicted molar refractivity (Wildman–Crippen MR) is 114 cm³/mol. The molecular formula is C22H29F2NO2S. The van der Waals surface area contributed by atoms with Crippen LogP contribution in [0.4, 0.5) is 8.78 Å². The minimum absolute atomic E-state index is 0.0255. The first-order valence-electron chi connectivity index (χ1n) is 9.04. The molecule has 0 aliphatic carbocycles. The van der Waals surface area contributed by atoms with E-state index in [1.807, 2.05) is 45.4 Å². The van der Waals surface area contributed by atoms with Crippen LogP contribution in [0.3, 0.4) is 0 Å². The minimum atomic E-state index is -1.03. The van der Waals surface area contributed by atoms with Gasteiger partial charge in [-0.25, -0.2) is 8.78 Å². The Labute approximate surface area is 170 Å². The number of aryl methyl sites for hydroxylation is 3. The van der Waals surface area contributed by atoms with Gasteiger partial charge < -0.3 is 10.5 Å². The standard InChI is InChI=1S/C20H23F2NO2.C2H6S/c1-5-25-18(24)10-17(23)15-8-14(9-16(21)20(15)22)19-12(3)6-11(2)7-13(19)4;1-3-2/h6-9,17H,5,10,23H2,1-4H3;1-2H3. The summed E-state index contributed by atoms with van der Waals surface area (Å²) in [4.78, 5) is 11.6. The van der Waals surface area contributed by atoms with Crippen molar-refractivity contribution in [2.24, 2.45) is 5.73 Å². The first-order chi connectivity index (χ1) is 13.2. The maximum absolute atomic E-state index is 14.2. The number of rotatable bonds is 5. The molecule has 2 rings (SSSR count). The fourth-order valence-corrected chi connectivity index (χ4v) is 3.17. The molecule has 0 fully saturated rings. The number of ether oxygens (including phenoxy) is 1. The lowest BCUT2D eigenvalue weighted by molar-refractivity contribution is -0.143. The summed E-state index contributed by atoms with van der Waals surface area (Å²) >= 11 is 1.75. The molecule has 0 aromatic heterocycles. The number of carbonyl (C=O) groups is 1.